The molecule has 2 aliphatic rings. The number of alkyl halides is 6. The van der Waals surface area contributed by atoms with Crippen LogP contribution in [0.3, 0.4) is 0 Å². The fourth-order valence-electron chi connectivity index (χ4n) is 6.35. The van der Waals surface area contributed by atoms with Crippen LogP contribution in [0.15, 0.2) is 36.4 Å². The summed E-state index contributed by atoms with van der Waals surface area (Å²) < 4.78 is 100. The minimum Gasteiger partial charge on any atom is -0.543 e. The van der Waals surface area contributed by atoms with Gasteiger partial charge < -0.3 is 23.9 Å². The number of rotatable bonds is 12. The minimum atomic E-state index is -5.08. The lowest BCUT2D eigenvalue weighted by molar-refractivity contribution is -0.143. The Labute approximate surface area is 304 Å². The normalized spacial score (nSPS) is 20.6. The van der Waals surface area contributed by atoms with Crippen molar-refractivity contribution in [3.63, 3.8) is 0 Å². The highest BCUT2D eigenvalue weighted by molar-refractivity contribution is 6.74. The zero-order chi connectivity index (χ0) is 38.6. The molecule has 2 aromatic rings. The van der Waals surface area contributed by atoms with Gasteiger partial charge in [0.25, 0.3) is 5.91 Å². The predicted octanol–water partition coefficient (Wildman–Crippen LogP) is 7.27. The van der Waals surface area contributed by atoms with E-state index in [0.717, 1.165) is 12.1 Å². The summed E-state index contributed by atoms with van der Waals surface area (Å²) in [7, 11) is -0.747. The third kappa shape index (κ3) is 10.7. The molecule has 2 aliphatic heterocycles. The maximum atomic E-state index is 14.0. The molecular weight excluding hydrogens is 708 g/mol. The van der Waals surface area contributed by atoms with Crippen LogP contribution < -0.4 is 4.43 Å². The Morgan fingerprint density at radius 2 is 1.56 bits per heavy atom. The van der Waals surface area contributed by atoms with Gasteiger partial charge in [-0.1, -0.05) is 39.8 Å². The van der Waals surface area contributed by atoms with Crippen LogP contribution in [0.5, 0.6) is 5.75 Å². The van der Waals surface area contributed by atoms with Crippen molar-refractivity contribution in [1.29, 1.82) is 0 Å². The molecule has 2 heterocycles. The highest BCUT2D eigenvalue weighted by Gasteiger charge is 2.41. The van der Waals surface area contributed by atoms with E-state index in [1.807, 2.05) is 19.1 Å². The average molecular weight is 762 g/mol. The molecule has 0 radical (unpaired) electrons. The van der Waals surface area contributed by atoms with Gasteiger partial charge in [-0.25, -0.2) is 0 Å². The number of benzene rings is 2. The minimum absolute atomic E-state index is 0.0330. The lowest BCUT2D eigenvalue weighted by Crippen LogP contribution is -2.57. The number of morpholine rings is 1. The van der Waals surface area contributed by atoms with Gasteiger partial charge in [0.2, 0.25) is 8.32 Å². The zero-order valence-corrected chi connectivity index (χ0v) is 32.2. The molecule has 0 aromatic heterocycles. The lowest BCUT2D eigenvalue weighted by Gasteiger charge is -2.43. The molecule has 1 amide bonds. The number of halogens is 6. The number of carbonyl (C=O) groups excluding carboxylic acids is 1. The molecule has 292 valence electrons. The Hall–Kier alpha value is -2.69. The SMILES string of the molecule is CCC(O)c1ccc(C[C@@H]2CN(CCN3CCO[C@H](COC)C3)CCN2C(=O)c2cc(C(F)(F)F)cc(C(F)(F)F)c2)cc1O[Si](C)(C)C(C)(C)C. The molecule has 2 aromatic carbocycles. The van der Waals surface area contributed by atoms with Gasteiger partial charge >= 0.3 is 12.4 Å². The van der Waals surface area contributed by atoms with Crippen molar-refractivity contribution < 1.29 is 50.1 Å². The van der Waals surface area contributed by atoms with Gasteiger partial charge in [0.05, 0.1) is 36.5 Å². The van der Waals surface area contributed by atoms with Gasteiger partial charge in [-0.15, -0.1) is 0 Å². The van der Waals surface area contributed by atoms with Crippen molar-refractivity contribution in [1.82, 2.24) is 14.7 Å². The molecule has 15 heteroatoms. The number of piperazine rings is 1. The number of carbonyl (C=O) groups is 1. The Morgan fingerprint density at radius 1 is 0.942 bits per heavy atom. The second kappa shape index (κ2) is 16.8. The summed E-state index contributed by atoms with van der Waals surface area (Å²) >= 11 is 0. The molecule has 52 heavy (non-hydrogen) atoms. The highest BCUT2D eigenvalue weighted by Crippen LogP contribution is 2.41. The fourth-order valence-corrected chi connectivity index (χ4v) is 7.38. The molecule has 0 bridgehead atoms. The largest absolute Gasteiger partial charge is 0.543 e. The first-order valence-corrected chi connectivity index (χ1v) is 20.7. The van der Waals surface area contributed by atoms with Crippen LogP contribution in [-0.4, -0.2) is 112 Å². The van der Waals surface area contributed by atoms with Crippen LogP contribution in [-0.2, 0) is 28.2 Å². The van der Waals surface area contributed by atoms with Gasteiger partial charge in [0, 0.05) is 70.1 Å². The third-order valence-corrected chi connectivity index (χ3v) is 14.8. The van der Waals surface area contributed by atoms with Gasteiger partial charge in [-0.2, -0.15) is 26.3 Å². The topological polar surface area (TPSA) is 74.7 Å². The molecule has 2 fully saturated rings. The van der Waals surface area contributed by atoms with Crippen LogP contribution in [0.25, 0.3) is 0 Å². The van der Waals surface area contributed by atoms with Gasteiger partial charge in [0.15, 0.2) is 0 Å². The van der Waals surface area contributed by atoms with Crippen LogP contribution in [0.2, 0.25) is 18.1 Å². The van der Waals surface area contributed by atoms with E-state index in [9.17, 15) is 36.2 Å². The van der Waals surface area contributed by atoms with Crippen molar-refractivity contribution in [2.75, 3.05) is 66.1 Å². The van der Waals surface area contributed by atoms with Crippen LogP contribution >= 0.6 is 0 Å². The Balaban J connectivity index is 1.67. The Bertz CT molecular complexity index is 1480. The predicted molar refractivity (Wildman–Crippen MR) is 189 cm³/mol. The van der Waals surface area contributed by atoms with Crippen molar-refractivity contribution in [3.8, 4) is 5.75 Å². The first-order valence-electron chi connectivity index (χ1n) is 17.8. The monoisotopic (exact) mass is 761 g/mol. The Morgan fingerprint density at radius 3 is 2.12 bits per heavy atom. The highest BCUT2D eigenvalue weighted by atomic mass is 28.4. The first-order chi connectivity index (χ1) is 24.1. The second-order valence-electron chi connectivity index (χ2n) is 15.4. The summed E-state index contributed by atoms with van der Waals surface area (Å²) in [6.07, 6.45) is -10.3. The summed E-state index contributed by atoms with van der Waals surface area (Å²) in [6, 6.07) is 5.94. The molecule has 4 rings (SSSR count). The standard InChI is InChI=1S/C37H53F6N3O5Si/c1-8-32(47)31-10-9-25(18-33(31)51-52(6,7)35(2,3)4)17-29-22-44(11-12-45-15-16-50-30(23-45)24-49-5)13-14-46(29)34(48)26-19-27(36(38,39)40)21-28(20-26)37(41,42)43/h9-10,18-21,29-30,32,47H,8,11-17,22-24H2,1-7H3/t29-,30+,32?/m1/s1. The average Bonchev–Trinajstić information content (AvgIpc) is 3.05. The number of aliphatic hydroxyl groups is 1. The van der Waals surface area contributed by atoms with E-state index in [-0.39, 0.29) is 30.2 Å². The number of methoxy groups -OCH3 is 1. The van der Waals surface area contributed by atoms with E-state index in [0.29, 0.717) is 75.8 Å². The van der Waals surface area contributed by atoms with Crippen LogP contribution in [0.1, 0.15) is 72.8 Å². The Kier molecular flexibility index (Phi) is 13.6. The zero-order valence-electron chi connectivity index (χ0n) is 31.2. The van der Waals surface area contributed by atoms with E-state index in [1.165, 1.54) is 4.90 Å². The molecular formula is C37H53F6N3O5Si. The second-order valence-corrected chi connectivity index (χ2v) is 20.1. The van der Waals surface area contributed by atoms with Crippen molar-refractivity contribution in [2.24, 2.45) is 0 Å². The van der Waals surface area contributed by atoms with E-state index in [1.54, 1.807) is 13.2 Å². The maximum Gasteiger partial charge on any atom is 0.416 e. The fraction of sp³-hybridized carbons (Fsp3) is 0.649. The molecule has 8 nitrogen and oxygen atoms in total. The van der Waals surface area contributed by atoms with Crippen molar-refractivity contribution in [3.05, 3.63) is 64.2 Å². The molecule has 0 spiro atoms. The van der Waals surface area contributed by atoms with E-state index in [4.69, 9.17) is 13.9 Å². The number of nitrogens with zero attached hydrogens (tertiary/aromatic N) is 3. The smallest absolute Gasteiger partial charge is 0.416 e. The number of aliphatic hydroxyl groups excluding tert-OH is 1. The van der Waals surface area contributed by atoms with E-state index >= 15 is 0 Å². The maximum absolute atomic E-state index is 14.0. The lowest BCUT2D eigenvalue weighted by atomic mass is 9.97. The molecule has 2 saturated heterocycles. The van der Waals surface area contributed by atoms with Crippen LogP contribution in [0.4, 0.5) is 26.3 Å². The van der Waals surface area contributed by atoms with Crippen molar-refractivity contribution in [2.45, 2.75) is 89.3 Å². The number of hydrogen-bond acceptors (Lipinski definition) is 7. The third-order valence-electron chi connectivity index (χ3n) is 10.4. The number of amides is 1. The van der Waals surface area contributed by atoms with Crippen LogP contribution in [0, 0.1) is 0 Å². The number of hydrogen-bond donors (Lipinski definition) is 1. The quantitative estimate of drug-likeness (QED) is 0.180. The van der Waals surface area contributed by atoms with Crippen molar-refractivity contribution >= 4 is 14.2 Å². The van der Waals surface area contributed by atoms with Gasteiger partial charge in [-0.05, 0) is 60.8 Å². The molecule has 0 aliphatic carbocycles. The summed E-state index contributed by atoms with van der Waals surface area (Å²) in [5.41, 5.74) is -2.33. The van der Waals surface area contributed by atoms with E-state index in [2.05, 4.69) is 43.7 Å². The molecule has 0 saturated carbocycles. The summed E-state index contributed by atoms with van der Waals surface area (Å²) in [4.78, 5) is 19.8. The number of ether oxygens (including phenoxy) is 2. The summed E-state index contributed by atoms with van der Waals surface area (Å²) in [5, 5.41) is 10.7. The summed E-state index contributed by atoms with van der Waals surface area (Å²) in [6.45, 7) is 17.0. The first kappa shape index (κ1) is 42.1. The summed E-state index contributed by atoms with van der Waals surface area (Å²) in [5.74, 6) is -0.359. The van der Waals surface area contributed by atoms with E-state index < -0.39 is 55.4 Å². The van der Waals surface area contributed by atoms with Gasteiger partial charge in [-0.3, -0.25) is 14.6 Å². The molecule has 1 unspecified atom stereocenters. The molecule has 1 N–H and O–H groups in total. The van der Waals surface area contributed by atoms with Gasteiger partial charge in [0.1, 0.15) is 5.75 Å². The molecule has 3 atom stereocenters.